The Hall–Kier alpha value is -7.56. The molecule has 0 spiro atoms. The summed E-state index contributed by atoms with van der Waals surface area (Å²) < 4.78 is 13.8. The average Bonchev–Trinajstić information content (AvgIpc) is 4.27. The molecule has 0 atom stereocenters. The molecule has 2 saturated carbocycles. The van der Waals surface area contributed by atoms with Crippen molar-refractivity contribution < 1.29 is 8.83 Å². The lowest BCUT2D eigenvalue weighted by atomic mass is 9.84. The van der Waals surface area contributed by atoms with Gasteiger partial charge in [0.1, 0.15) is 11.2 Å². The van der Waals surface area contributed by atoms with Gasteiger partial charge in [-0.15, -0.1) is 0 Å². The Bertz CT molecular complexity index is 3750. The summed E-state index contributed by atoms with van der Waals surface area (Å²) in [4.78, 5) is 5.01. The van der Waals surface area contributed by atoms with Crippen LogP contribution in [0.15, 0.2) is 179 Å². The van der Waals surface area contributed by atoms with Gasteiger partial charge in [-0.25, -0.2) is 0 Å². The predicted molar refractivity (Wildman–Crippen MR) is 305 cm³/mol. The van der Waals surface area contributed by atoms with Gasteiger partial charge in [0.05, 0.1) is 22.7 Å². The van der Waals surface area contributed by atoms with E-state index in [0.717, 1.165) is 78.0 Å². The number of furan rings is 2. The van der Waals surface area contributed by atoms with E-state index in [9.17, 15) is 0 Å². The van der Waals surface area contributed by atoms with Gasteiger partial charge < -0.3 is 18.6 Å². The van der Waals surface area contributed by atoms with Crippen molar-refractivity contribution >= 4 is 110 Å². The summed E-state index contributed by atoms with van der Waals surface area (Å²) >= 11 is 0. The van der Waals surface area contributed by atoms with E-state index in [4.69, 9.17) is 8.83 Å². The van der Waals surface area contributed by atoms with Crippen molar-refractivity contribution in [2.24, 2.45) is 0 Å². The van der Waals surface area contributed by atoms with Crippen LogP contribution in [0.4, 0.5) is 34.1 Å². The largest absolute Gasteiger partial charge is 0.454 e. The van der Waals surface area contributed by atoms with Gasteiger partial charge in [0.15, 0.2) is 11.2 Å². The van der Waals surface area contributed by atoms with Crippen molar-refractivity contribution in [1.82, 2.24) is 0 Å². The molecule has 0 amide bonds. The highest BCUT2D eigenvalue weighted by Crippen LogP contribution is 2.53. The van der Waals surface area contributed by atoms with Gasteiger partial charge in [-0.05, 0) is 154 Å². The molecule has 14 rings (SSSR count). The predicted octanol–water partition coefficient (Wildman–Crippen LogP) is 20.9. The van der Waals surface area contributed by atoms with E-state index in [1.54, 1.807) is 0 Å². The third-order valence-corrected chi connectivity index (χ3v) is 16.8. The summed E-state index contributed by atoms with van der Waals surface area (Å²) in [5.74, 6) is 1.76. The molecule has 2 aromatic heterocycles. The molecular weight excluding hydrogens is 877 g/mol. The average molecular weight is 937 g/mol. The molecule has 354 valence electrons. The first-order valence-electron chi connectivity index (χ1n) is 26.8. The summed E-state index contributed by atoms with van der Waals surface area (Å²) in [6.45, 7) is 9.41. The van der Waals surface area contributed by atoms with Gasteiger partial charge in [-0.2, -0.15) is 0 Å². The van der Waals surface area contributed by atoms with Crippen LogP contribution in [0.25, 0.3) is 76.2 Å². The number of nitrogens with zero attached hydrogens (tertiary/aromatic N) is 2. The molecule has 2 aliphatic rings. The number of rotatable bonds is 10. The fourth-order valence-corrected chi connectivity index (χ4v) is 13.3. The van der Waals surface area contributed by atoms with Crippen LogP contribution >= 0.6 is 0 Å². The molecular formula is C68H60N2O2. The lowest BCUT2D eigenvalue weighted by Crippen LogP contribution is -2.13. The second-order valence-corrected chi connectivity index (χ2v) is 21.7. The van der Waals surface area contributed by atoms with Gasteiger partial charge in [-0.1, -0.05) is 163 Å². The number of benzene rings is 10. The minimum atomic E-state index is 0.256. The van der Waals surface area contributed by atoms with Crippen molar-refractivity contribution in [2.45, 2.75) is 103 Å². The van der Waals surface area contributed by atoms with E-state index in [0.29, 0.717) is 11.8 Å². The van der Waals surface area contributed by atoms with Gasteiger partial charge in [-0.3, -0.25) is 0 Å². The van der Waals surface area contributed by atoms with Crippen LogP contribution in [0.5, 0.6) is 0 Å². The van der Waals surface area contributed by atoms with Crippen LogP contribution in [0.3, 0.4) is 0 Å². The van der Waals surface area contributed by atoms with Gasteiger partial charge in [0, 0.05) is 43.7 Å². The lowest BCUT2D eigenvalue weighted by Gasteiger charge is -2.31. The fourth-order valence-electron chi connectivity index (χ4n) is 13.3. The maximum atomic E-state index is 6.91. The first-order chi connectivity index (χ1) is 35.4. The molecule has 0 unspecified atom stereocenters. The van der Waals surface area contributed by atoms with Crippen LogP contribution in [0, 0.1) is 0 Å². The molecule has 0 saturated heterocycles. The Morgan fingerprint density at radius 1 is 0.361 bits per heavy atom. The third-order valence-electron chi connectivity index (χ3n) is 16.8. The maximum absolute atomic E-state index is 6.91. The van der Waals surface area contributed by atoms with Crippen LogP contribution in [0.1, 0.15) is 125 Å². The third kappa shape index (κ3) is 6.78. The first kappa shape index (κ1) is 43.2. The van der Waals surface area contributed by atoms with Crippen LogP contribution in [-0.4, -0.2) is 0 Å². The zero-order valence-corrected chi connectivity index (χ0v) is 41.8. The number of hydrogen-bond donors (Lipinski definition) is 0. The minimum Gasteiger partial charge on any atom is -0.454 e. The van der Waals surface area contributed by atoms with E-state index in [-0.39, 0.29) is 11.8 Å². The van der Waals surface area contributed by atoms with E-state index >= 15 is 0 Å². The Morgan fingerprint density at radius 2 is 0.736 bits per heavy atom. The molecule has 72 heavy (non-hydrogen) atoms. The van der Waals surface area contributed by atoms with Crippen LogP contribution in [-0.2, 0) is 0 Å². The maximum Gasteiger partial charge on any atom is 0.159 e. The van der Waals surface area contributed by atoms with Crippen molar-refractivity contribution in [3.63, 3.8) is 0 Å². The summed E-state index contributed by atoms with van der Waals surface area (Å²) in [6.07, 6.45) is 10.3. The van der Waals surface area contributed by atoms with Gasteiger partial charge in [0.2, 0.25) is 0 Å². The van der Waals surface area contributed by atoms with E-state index in [1.807, 2.05) is 0 Å². The molecule has 2 aliphatic carbocycles. The van der Waals surface area contributed by atoms with E-state index in [1.165, 1.54) is 106 Å². The van der Waals surface area contributed by atoms with Crippen LogP contribution < -0.4 is 9.80 Å². The van der Waals surface area contributed by atoms with Crippen LogP contribution in [0.2, 0.25) is 0 Å². The highest BCUT2D eigenvalue weighted by molar-refractivity contribution is 6.30. The molecule has 4 nitrogen and oxygen atoms in total. The van der Waals surface area contributed by atoms with Crippen molar-refractivity contribution in [1.29, 1.82) is 0 Å². The quantitative estimate of drug-likeness (QED) is 0.128. The highest BCUT2D eigenvalue weighted by atomic mass is 16.3. The zero-order valence-electron chi connectivity index (χ0n) is 41.8. The molecule has 4 heteroatoms. The Kier molecular flexibility index (Phi) is 10.2. The van der Waals surface area contributed by atoms with Gasteiger partial charge in [0.25, 0.3) is 0 Å². The highest BCUT2D eigenvalue weighted by Gasteiger charge is 2.29. The Labute approximate surface area is 421 Å². The minimum absolute atomic E-state index is 0.256. The molecule has 12 aromatic rings. The molecule has 0 bridgehead atoms. The first-order valence-corrected chi connectivity index (χ1v) is 26.8. The zero-order chi connectivity index (χ0) is 48.2. The number of fused-ring (bicyclic) bond motifs is 6. The van der Waals surface area contributed by atoms with Crippen molar-refractivity contribution in [2.75, 3.05) is 9.80 Å². The molecule has 2 fully saturated rings. The van der Waals surface area contributed by atoms with Crippen molar-refractivity contribution in [3.8, 4) is 0 Å². The molecule has 0 aliphatic heterocycles. The molecule has 2 heterocycles. The number of para-hydroxylation sites is 4. The molecule has 0 N–H and O–H groups in total. The number of anilines is 6. The summed E-state index contributed by atoms with van der Waals surface area (Å²) in [6, 6.07) is 64.0. The lowest BCUT2D eigenvalue weighted by molar-refractivity contribution is 0.668. The molecule has 0 radical (unpaired) electrons. The monoisotopic (exact) mass is 936 g/mol. The Morgan fingerprint density at radius 3 is 1.14 bits per heavy atom. The second kappa shape index (κ2) is 17.1. The SMILES string of the molecule is CC(C)c1cc(N(c2ccc(C3CCCC3)cc2)c2cccc3c2oc2ccccc23)c2ccc3c(C(C)C)cc(N(c4ccc(C5CCCC5)cc4)c4cccc5c4oc4ccccc45)c4ccc1c2c34. The smallest absolute Gasteiger partial charge is 0.159 e. The van der Waals surface area contributed by atoms with E-state index in [2.05, 4.69) is 207 Å². The molecule has 10 aromatic carbocycles. The summed E-state index contributed by atoms with van der Waals surface area (Å²) in [5, 5.41) is 12.2. The number of hydrogen-bond acceptors (Lipinski definition) is 4. The van der Waals surface area contributed by atoms with E-state index < -0.39 is 0 Å². The summed E-state index contributed by atoms with van der Waals surface area (Å²) in [5.41, 5.74) is 15.8. The topological polar surface area (TPSA) is 32.8 Å². The summed E-state index contributed by atoms with van der Waals surface area (Å²) in [7, 11) is 0. The fraction of sp³-hybridized carbons (Fsp3) is 0.235. The Balaban J connectivity index is 1.06. The second-order valence-electron chi connectivity index (χ2n) is 21.7. The normalized spacial score (nSPS) is 14.9. The van der Waals surface area contributed by atoms with Crippen molar-refractivity contribution in [3.05, 3.63) is 192 Å². The standard InChI is InChI=1S/C68H60N2O2/c1-41(2)57-39-61(69(47-31-27-45(28-32-47)43-15-5-6-16-43)59-23-13-21-53-49-19-9-11-25-63(49)71-67(53)59)55-38-36-52-58(42(3)4)40-62(56-37-35-51(57)65(55)66(52)56)70(48-33-29-46(30-34-48)44-17-7-8-18-44)60-24-14-22-54-50-20-10-12-26-64(50)72-68(54)60/h9-14,19-44H,5-8,15-18H2,1-4H3. The van der Waals surface area contributed by atoms with Gasteiger partial charge >= 0.3 is 0 Å².